The minimum atomic E-state index is 0.362. The summed E-state index contributed by atoms with van der Waals surface area (Å²) in [4.78, 5) is 3.94. The number of fused-ring (bicyclic) bond motifs is 1. The third-order valence-electron chi connectivity index (χ3n) is 4.03. The Hall–Kier alpha value is -0.380. The summed E-state index contributed by atoms with van der Waals surface area (Å²) < 4.78 is 0. The molecule has 1 aromatic rings. The van der Waals surface area contributed by atoms with Crippen molar-refractivity contribution in [3.05, 3.63) is 22.4 Å². The first-order valence-electron chi connectivity index (χ1n) is 5.21. The molecular weight excluding hydrogens is 192 g/mol. The Morgan fingerprint density at radius 3 is 2.79 bits per heavy atom. The molecule has 2 heterocycles. The number of rotatable bonds is 2. The third-order valence-corrected chi connectivity index (χ3v) is 5.10. The van der Waals surface area contributed by atoms with Gasteiger partial charge in [-0.15, -0.1) is 11.3 Å². The lowest BCUT2D eigenvalue weighted by molar-refractivity contribution is 0.328. The van der Waals surface area contributed by atoms with Gasteiger partial charge in [0.1, 0.15) is 0 Å². The third kappa shape index (κ3) is 0.926. The minimum absolute atomic E-state index is 0.362. The van der Waals surface area contributed by atoms with Crippen LogP contribution in [0.25, 0.3) is 0 Å². The molecular formula is C11H16N2S. The molecule has 1 saturated heterocycles. The Balaban J connectivity index is 1.91. The zero-order valence-electron chi connectivity index (χ0n) is 8.44. The molecule has 0 bridgehead atoms. The maximum atomic E-state index is 5.98. The molecule has 2 nitrogen and oxygen atoms in total. The Morgan fingerprint density at radius 2 is 2.29 bits per heavy atom. The fourth-order valence-electron chi connectivity index (χ4n) is 3.24. The second kappa shape index (κ2) is 2.81. The summed E-state index contributed by atoms with van der Waals surface area (Å²) in [5, 5.41) is 2.17. The fourth-order valence-corrected chi connectivity index (χ4v) is 4.31. The van der Waals surface area contributed by atoms with E-state index in [1.54, 1.807) is 0 Å². The van der Waals surface area contributed by atoms with Gasteiger partial charge >= 0.3 is 0 Å². The zero-order valence-corrected chi connectivity index (χ0v) is 9.26. The van der Waals surface area contributed by atoms with Crippen molar-refractivity contribution in [1.29, 1.82) is 0 Å². The van der Waals surface area contributed by atoms with Gasteiger partial charge in [0.2, 0.25) is 0 Å². The van der Waals surface area contributed by atoms with Crippen LogP contribution in [-0.4, -0.2) is 31.6 Å². The van der Waals surface area contributed by atoms with E-state index in [0.29, 0.717) is 5.41 Å². The smallest absolute Gasteiger partial charge is 0.0257 e. The number of hydrogen-bond donors (Lipinski definition) is 1. The standard InChI is InChI=1S/C11H16N2S/c1-13-5-8-9(6-13)11(8,7-12)10-3-2-4-14-10/h2-4,8-9H,5-7,12H2,1H3. The van der Waals surface area contributed by atoms with Crippen molar-refractivity contribution in [2.24, 2.45) is 17.6 Å². The molecule has 3 rings (SSSR count). The first-order valence-corrected chi connectivity index (χ1v) is 6.09. The highest BCUT2D eigenvalue weighted by molar-refractivity contribution is 7.10. The molecule has 2 atom stereocenters. The van der Waals surface area contributed by atoms with Crippen LogP contribution < -0.4 is 5.73 Å². The minimum Gasteiger partial charge on any atom is -0.330 e. The molecule has 1 saturated carbocycles. The number of likely N-dealkylation sites (tertiary alicyclic amines) is 1. The van der Waals surface area contributed by atoms with Crippen LogP contribution in [0.1, 0.15) is 4.88 Å². The Morgan fingerprint density at radius 1 is 1.57 bits per heavy atom. The highest BCUT2D eigenvalue weighted by Crippen LogP contribution is 2.63. The van der Waals surface area contributed by atoms with Crippen molar-refractivity contribution in [2.45, 2.75) is 5.41 Å². The first kappa shape index (κ1) is 8.89. The summed E-state index contributed by atoms with van der Waals surface area (Å²) >= 11 is 1.88. The topological polar surface area (TPSA) is 29.3 Å². The molecule has 2 unspecified atom stereocenters. The highest BCUT2D eigenvalue weighted by Gasteiger charge is 2.67. The molecule has 1 aliphatic heterocycles. The van der Waals surface area contributed by atoms with E-state index in [4.69, 9.17) is 5.73 Å². The van der Waals surface area contributed by atoms with Crippen molar-refractivity contribution in [2.75, 3.05) is 26.7 Å². The Labute approximate surface area is 88.7 Å². The molecule has 1 aliphatic carbocycles. The van der Waals surface area contributed by atoms with E-state index < -0.39 is 0 Å². The predicted molar refractivity (Wildman–Crippen MR) is 59.5 cm³/mol. The number of piperidine rings is 1. The Kier molecular flexibility index (Phi) is 1.79. The van der Waals surface area contributed by atoms with Crippen molar-refractivity contribution >= 4 is 11.3 Å². The number of nitrogens with zero attached hydrogens (tertiary/aromatic N) is 1. The van der Waals surface area contributed by atoms with Gasteiger partial charge < -0.3 is 10.6 Å². The number of hydrogen-bond acceptors (Lipinski definition) is 3. The van der Waals surface area contributed by atoms with Gasteiger partial charge in [-0.1, -0.05) is 6.07 Å². The van der Waals surface area contributed by atoms with E-state index >= 15 is 0 Å². The van der Waals surface area contributed by atoms with E-state index in [-0.39, 0.29) is 0 Å². The number of nitrogens with two attached hydrogens (primary N) is 1. The van der Waals surface area contributed by atoms with Gasteiger partial charge in [0, 0.05) is 29.9 Å². The average molecular weight is 208 g/mol. The molecule has 3 heteroatoms. The second-order valence-corrected chi connectivity index (χ2v) is 5.60. The lowest BCUT2D eigenvalue weighted by atomic mass is 9.98. The SMILES string of the molecule is CN1CC2C(C1)C2(CN)c1cccs1. The first-order chi connectivity index (χ1) is 6.79. The van der Waals surface area contributed by atoms with Crippen LogP contribution in [0.2, 0.25) is 0 Å². The monoisotopic (exact) mass is 208 g/mol. The van der Waals surface area contributed by atoms with Crippen LogP contribution in [0.4, 0.5) is 0 Å². The quantitative estimate of drug-likeness (QED) is 0.789. The summed E-state index contributed by atoms with van der Waals surface area (Å²) in [6.07, 6.45) is 0. The largest absolute Gasteiger partial charge is 0.330 e. The maximum Gasteiger partial charge on any atom is 0.0257 e. The summed E-state index contributed by atoms with van der Waals surface area (Å²) in [6.45, 7) is 3.30. The molecule has 2 fully saturated rings. The summed E-state index contributed by atoms with van der Waals surface area (Å²) in [5.41, 5.74) is 6.35. The van der Waals surface area contributed by atoms with Crippen LogP contribution in [0, 0.1) is 11.8 Å². The predicted octanol–water partition coefficient (Wildman–Crippen LogP) is 1.14. The maximum absolute atomic E-state index is 5.98. The fraction of sp³-hybridized carbons (Fsp3) is 0.636. The normalized spacial score (nSPS) is 41.3. The average Bonchev–Trinajstić information content (AvgIpc) is 2.69. The Bertz CT molecular complexity index is 321. The van der Waals surface area contributed by atoms with Gasteiger partial charge in [0.05, 0.1) is 0 Å². The van der Waals surface area contributed by atoms with Gasteiger partial charge in [-0.25, -0.2) is 0 Å². The van der Waals surface area contributed by atoms with Gasteiger partial charge in [-0.2, -0.15) is 0 Å². The molecule has 14 heavy (non-hydrogen) atoms. The van der Waals surface area contributed by atoms with Crippen LogP contribution in [0.3, 0.4) is 0 Å². The van der Waals surface area contributed by atoms with Crippen LogP contribution in [0.5, 0.6) is 0 Å². The molecule has 1 aromatic heterocycles. The second-order valence-electron chi connectivity index (χ2n) is 4.66. The zero-order chi connectivity index (χ0) is 9.76. The van der Waals surface area contributed by atoms with Gasteiger partial charge in [0.15, 0.2) is 0 Å². The van der Waals surface area contributed by atoms with Gasteiger partial charge in [-0.3, -0.25) is 0 Å². The number of thiophene rings is 1. The van der Waals surface area contributed by atoms with E-state index in [2.05, 4.69) is 29.5 Å². The molecule has 0 radical (unpaired) electrons. The lowest BCUT2D eigenvalue weighted by Gasteiger charge is -2.21. The van der Waals surface area contributed by atoms with Crippen molar-refractivity contribution in [3.63, 3.8) is 0 Å². The molecule has 2 N–H and O–H groups in total. The van der Waals surface area contributed by atoms with Crippen LogP contribution in [-0.2, 0) is 5.41 Å². The van der Waals surface area contributed by atoms with Crippen molar-refractivity contribution in [1.82, 2.24) is 4.90 Å². The summed E-state index contributed by atoms with van der Waals surface area (Å²) in [5.74, 6) is 1.66. The lowest BCUT2D eigenvalue weighted by Crippen LogP contribution is -2.32. The molecule has 0 aromatic carbocycles. The molecule has 76 valence electrons. The summed E-state index contributed by atoms with van der Waals surface area (Å²) in [7, 11) is 2.21. The molecule has 0 amide bonds. The van der Waals surface area contributed by atoms with Crippen LogP contribution >= 0.6 is 11.3 Å². The van der Waals surface area contributed by atoms with E-state index in [1.807, 2.05) is 11.3 Å². The van der Waals surface area contributed by atoms with E-state index in [9.17, 15) is 0 Å². The van der Waals surface area contributed by atoms with Gasteiger partial charge in [0.25, 0.3) is 0 Å². The van der Waals surface area contributed by atoms with E-state index in [0.717, 1.165) is 18.4 Å². The van der Waals surface area contributed by atoms with Gasteiger partial charge in [-0.05, 0) is 30.3 Å². The molecule has 2 aliphatic rings. The van der Waals surface area contributed by atoms with Crippen LogP contribution in [0.15, 0.2) is 17.5 Å². The van der Waals surface area contributed by atoms with Crippen molar-refractivity contribution in [3.8, 4) is 0 Å². The van der Waals surface area contributed by atoms with Crippen molar-refractivity contribution < 1.29 is 0 Å². The molecule has 0 spiro atoms. The summed E-state index contributed by atoms with van der Waals surface area (Å²) in [6, 6.07) is 4.41. The highest BCUT2D eigenvalue weighted by atomic mass is 32.1. The van der Waals surface area contributed by atoms with E-state index in [1.165, 1.54) is 18.0 Å².